The zero-order valence-corrected chi connectivity index (χ0v) is 11.5. The van der Waals surface area contributed by atoms with E-state index in [1.807, 2.05) is 0 Å². The van der Waals surface area contributed by atoms with Gasteiger partial charge in [0.05, 0.1) is 13.2 Å². The fraction of sp³-hybridized carbons (Fsp3) is 0.500. The predicted octanol–water partition coefficient (Wildman–Crippen LogP) is 1.39. The van der Waals surface area contributed by atoms with Crippen LogP contribution in [-0.4, -0.2) is 32.3 Å². The van der Waals surface area contributed by atoms with Gasteiger partial charge in [0.1, 0.15) is 0 Å². The van der Waals surface area contributed by atoms with Crippen LogP contribution in [0, 0.1) is 6.92 Å². The van der Waals surface area contributed by atoms with Gasteiger partial charge in [0.15, 0.2) is 0 Å². The van der Waals surface area contributed by atoms with Crippen molar-refractivity contribution in [3.63, 3.8) is 0 Å². The van der Waals surface area contributed by atoms with Gasteiger partial charge in [-0.3, -0.25) is 0 Å². The van der Waals surface area contributed by atoms with Crippen molar-refractivity contribution >= 4 is 11.8 Å². The average Bonchev–Trinajstić information content (AvgIpc) is 2.87. The summed E-state index contributed by atoms with van der Waals surface area (Å²) < 4.78 is 4.62. The first-order valence-electron chi connectivity index (χ1n) is 6.53. The van der Waals surface area contributed by atoms with Gasteiger partial charge in [0.25, 0.3) is 0 Å². The van der Waals surface area contributed by atoms with Crippen LogP contribution in [0.2, 0.25) is 0 Å². The number of methoxy groups -OCH3 is 1. The first-order valence-corrected chi connectivity index (χ1v) is 6.53. The Morgan fingerprint density at radius 1 is 1.58 bits per heavy atom. The second kappa shape index (κ2) is 5.93. The molecule has 19 heavy (non-hydrogen) atoms. The van der Waals surface area contributed by atoms with Crippen molar-refractivity contribution in [2.24, 2.45) is 5.73 Å². The Balaban J connectivity index is 2.00. The number of aryl methyl sites for hydroxylation is 1. The van der Waals surface area contributed by atoms with E-state index in [4.69, 9.17) is 5.73 Å². The SMILES string of the molecule is COC(=O)NC1CCN(c2ccc(CN)c(C)c2)C1. The molecule has 0 aromatic heterocycles. The largest absolute Gasteiger partial charge is 0.453 e. The summed E-state index contributed by atoms with van der Waals surface area (Å²) >= 11 is 0. The van der Waals surface area contributed by atoms with Crippen LogP contribution in [0.15, 0.2) is 18.2 Å². The van der Waals surface area contributed by atoms with Crippen molar-refractivity contribution < 1.29 is 9.53 Å². The molecule has 1 fully saturated rings. The summed E-state index contributed by atoms with van der Waals surface area (Å²) in [6, 6.07) is 6.48. The Labute approximate surface area is 113 Å². The monoisotopic (exact) mass is 263 g/mol. The first kappa shape index (κ1) is 13.7. The Bertz CT molecular complexity index is 462. The van der Waals surface area contributed by atoms with Gasteiger partial charge in [0.2, 0.25) is 0 Å². The van der Waals surface area contributed by atoms with Crippen LogP contribution in [0.25, 0.3) is 0 Å². The summed E-state index contributed by atoms with van der Waals surface area (Å²) in [6.07, 6.45) is 0.578. The number of carbonyl (C=O) groups is 1. The molecule has 0 spiro atoms. The second-order valence-corrected chi connectivity index (χ2v) is 4.88. The van der Waals surface area contributed by atoms with Crippen molar-refractivity contribution in [2.75, 3.05) is 25.1 Å². The van der Waals surface area contributed by atoms with E-state index in [2.05, 4.69) is 40.1 Å². The molecule has 1 atom stereocenters. The summed E-state index contributed by atoms with van der Waals surface area (Å²) in [5.41, 5.74) is 9.24. The van der Waals surface area contributed by atoms with Gasteiger partial charge >= 0.3 is 6.09 Å². The quantitative estimate of drug-likeness (QED) is 0.864. The second-order valence-electron chi connectivity index (χ2n) is 4.88. The minimum atomic E-state index is -0.360. The molecule has 0 radical (unpaired) electrons. The van der Waals surface area contributed by atoms with Gasteiger partial charge < -0.3 is 20.7 Å². The molecule has 0 bridgehead atoms. The molecule has 1 aromatic rings. The maximum atomic E-state index is 11.2. The zero-order chi connectivity index (χ0) is 13.8. The molecular weight excluding hydrogens is 242 g/mol. The molecule has 1 amide bonds. The lowest BCUT2D eigenvalue weighted by Crippen LogP contribution is -2.36. The van der Waals surface area contributed by atoms with Crippen LogP contribution in [-0.2, 0) is 11.3 Å². The first-order chi connectivity index (χ1) is 9.13. The molecule has 104 valence electrons. The third kappa shape index (κ3) is 3.17. The van der Waals surface area contributed by atoms with E-state index in [-0.39, 0.29) is 12.1 Å². The number of alkyl carbamates (subject to hydrolysis) is 1. The van der Waals surface area contributed by atoms with Gasteiger partial charge in [-0.25, -0.2) is 4.79 Å². The summed E-state index contributed by atoms with van der Waals surface area (Å²) in [5.74, 6) is 0. The molecule has 0 aliphatic carbocycles. The fourth-order valence-electron chi connectivity index (χ4n) is 2.44. The van der Waals surface area contributed by atoms with E-state index in [0.717, 1.165) is 19.5 Å². The minimum Gasteiger partial charge on any atom is -0.453 e. The van der Waals surface area contributed by atoms with E-state index in [9.17, 15) is 4.79 Å². The van der Waals surface area contributed by atoms with Crippen molar-refractivity contribution in [2.45, 2.75) is 25.9 Å². The van der Waals surface area contributed by atoms with E-state index in [1.54, 1.807) is 0 Å². The molecule has 0 saturated carbocycles. The number of amides is 1. The number of rotatable bonds is 3. The summed E-state index contributed by atoms with van der Waals surface area (Å²) in [6.45, 7) is 4.40. The molecule has 3 N–H and O–H groups in total. The molecule has 1 heterocycles. The summed E-state index contributed by atoms with van der Waals surface area (Å²) in [7, 11) is 1.39. The van der Waals surface area contributed by atoms with Crippen LogP contribution < -0.4 is 16.0 Å². The van der Waals surface area contributed by atoms with E-state index in [1.165, 1.54) is 23.9 Å². The molecule has 1 unspecified atom stereocenters. The Morgan fingerprint density at radius 3 is 3.00 bits per heavy atom. The highest BCUT2D eigenvalue weighted by Crippen LogP contribution is 2.23. The Hall–Kier alpha value is -1.75. The smallest absolute Gasteiger partial charge is 0.407 e. The third-order valence-corrected chi connectivity index (χ3v) is 3.61. The summed E-state index contributed by atoms with van der Waals surface area (Å²) in [4.78, 5) is 13.5. The number of nitrogens with two attached hydrogens (primary N) is 1. The third-order valence-electron chi connectivity index (χ3n) is 3.61. The Morgan fingerprint density at radius 2 is 2.37 bits per heavy atom. The molecular formula is C14H21N3O2. The van der Waals surface area contributed by atoms with Crippen LogP contribution in [0.5, 0.6) is 0 Å². The maximum absolute atomic E-state index is 11.2. The molecule has 1 aliphatic rings. The number of nitrogens with zero attached hydrogens (tertiary/aromatic N) is 1. The number of nitrogens with one attached hydrogen (secondary N) is 1. The van der Waals surface area contributed by atoms with E-state index < -0.39 is 0 Å². The molecule has 1 saturated heterocycles. The molecule has 2 rings (SSSR count). The van der Waals surface area contributed by atoms with Crippen molar-refractivity contribution in [3.05, 3.63) is 29.3 Å². The lowest BCUT2D eigenvalue weighted by atomic mass is 10.1. The summed E-state index contributed by atoms with van der Waals surface area (Å²) in [5, 5.41) is 2.84. The number of hydrogen-bond acceptors (Lipinski definition) is 4. The van der Waals surface area contributed by atoms with Crippen LogP contribution in [0.3, 0.4) is 0 Å². The van der Waals surface area contributed by atoms with Crippen molar-refractivity contribution in [3.8, 4) is 0 Å². The lowest BCUT2D eigenvalue weighted by Gasteiger charge is -2.20. The predicted molar refractivity (Wildman–Crippen MR) is 75.2 cm³/mol. The minimum absolute atomic E-state index is 0.155. The average molecular weight is 263 g/mol. The van der Waals surface area contributed by atoms with Crippen molar-refractivity contribution in [1.82, 2.24) is 5.32 Å². The van der Waals surface area contributed by atoms with Crippen LogP contribution >= 0.6 is 0 Å². The number of ether oxygens (including phenoxy) is 1. The van der Waals surface area contributed by atoms with Gasteiger partial charge in [-0.05, 0) is 36.6 Å². The molecule has 5 nitrogen and oxygen atoms in total. The van der Waals surface area contributed by atoms with E-state index >= 15 is 0 Å². The van der Waals surface area contributed by atoms with Gasteiger partial charge in [-0.2, -0.15) is 0 Å². The zero-order valence-electron chi connectivity index (χ0n) is 11.5. The van der Waals surface area contributed by atoms with Gasteiger partial charge in [-0.1, -0.05) is 6.07 Å². The molecule has 5 heteroatoms. The standard InChI is InChI=1S/C14H21N3O2/c1-10-7-13(4-3-11(10)8-15)17-6-5-12(9-17)16-14(18)19-2/h3-4,7,12H,5-6,8-9,15H2,1-2H3,(H,16,18). The van der Waals surface area contributed by atoms with Crippen LogP contribution in [0.1, 0.15) is 17.5 Å². The number of anilines is 1. The highest BCUT2D eigenvalue weighted by Gasteiger charge is 2.24. The molecule has 1 aliphatic heterocycles. The van der Waals surface area contributed by atoms with Gasteiger partial charge in [-0.15, -0.1) is 0 Å². The number of benzene rings is 1. The Kier molecular flexibility index (Phi) is 4.27. The number of carbonyl (C=O) groups excluding carboxylic acids is 1. The topological polar surface area (TPSA) is 67.6 Å². The lowest BCUT2D eigenvalue weighted by molar-refractivity contribution is 0.167. The van der Waals surface area contributed by atoms with Gasteiger partial charge in [0, 0.05) is 25.3 Å². The molecule has 1 aromatic carbocycles. The number of hydrogen-bond donors (Lipinski definition) is 2. The van der Waals surface area contributed by atoms with Crippen molar-refractivity contribution in [1.29, 1.82) is 0 Å². The normalized spacial score (nSPS) is 18.5. The highest BCUT2D eigenvalue weighted by atomic mass is 16.5. The maximum Gasteiger partial charge on any atom is 0.407 e. The highest BCUT2D eigenvalue weighted by molar-refractivity contribution is 5.67. The fourth-order valence-corrected chi connectivity index (χ4v) is 2.44. The van der Waals surface area contributed by atoms with Crippen LogP contribution in [0.4, 0.5) is 10.5 Å². The van der Waals surface area contributed by atoms with E-state index in [0.29, 0.717) is 6.54 Å².